The molecule has 0 aromatic heterocycles. The zero-order chi connectivity index (χ0) is 29.9. The van der Waals surface area contributed by atoms with E-state index in [9.17, 15) is 8.42 Å². The van der Waals surface area contributed by atoms with Crippen molar-refractivity contribution < 1.29 is 12.4 Å². The Morgan fingerprint density at radius 3 is 1.40 bits per heavy atom. The van der Waals surface area contributed by atoms with E-state index in [0.717, 1.165) is 114 Å². The molecule has 0 fully saturated rings. The van der Waals surface area contributed by atoms with E-state index in [-0.39, 0.29) is 0 Å². The van der Waals surface area contributed by atoms with Crippen molar-refractivity contribution >= 4 is 16.9 Å². The van der Waals surface area contributed by atoms with Gasteiger partial charge in [-0.1, -0.05) is 0 Å². The van der Waals surface area contributed by atoms with E-state index >= 15 is 0 Å². The van der Waals surface area contributed by atoms with Gasteiger partial charge in [-0.15, -0.1) is 0 Å². The molecule has 0 N–H and O–H groups in total. The minimum atomic E-state index is -3.88. The molecule has 0 spiro atoms. The summed E-state index contributed by atoms with van der Waals surface area (Å²) >= 11 is 0. The Kier molecular flexibility index (Phi) is 18.5. The van der Waals surface area contributed by atoms with Gasteiger partial charge in [-0.3, -0.25) is 0 Å². The van der Waals surface area contributed by atoms with Gasteiger partial charge in [0, 0.05) is 0 Å². The second-order valence-electron chi connectivity index (χ2n) is 12.5. The van der Waals surface area contributed by atoms with Crippen LogP contribution in [0.3, 0.4) is 0 Å². The van der Waals surface area contributed by atoms with E-state index in [1.54, 1.807) is 0 Å². The summed E-state index contributed by atoms with van der Waals surface area (Å²) in [6.45, 7) is 12.7. The summed E-state index contributed by atoms with van der Waals surface area (Å²) in [7, 11) is -3.88. The Hall–Kier alpha value is -0.440. The molecule has 0 unspecified atom stereocenters. The molecule has 1 aromatic carbocycles. The van der Waals surface area contributed by atoms with Gasteiger partial charge in [0.1, 0.15) is 0 Å². The molecule has 0 amide bonds. The van der Waals surface area contributed by atoms with Gasteiger partial charge in [0.05, 0.1) is 0 Å². The van der Waals surface area contributed by atoms with Crippen molar-refractivity contribution in [1.29, 1.82) is 0 Å². The van der Waals surface area contributed by atoms with Crippen molar-refractivity contribution in [3.63, 3.8) is 0 Å². The van der Waals surface area contributed by atoms with Crippen LogP contribution in [0.1, 0.15) is 161 Å². The van der Waals surface area contributed by atoms with Crippen molar-refractivity contribution in [3.8, 4) is 0 Å². The van der Waals surface area contributed by atoms with E-state index in [1.807, 2.05) is 6.07 Å². The van der Waals surface area contributed by atoms with Crippen molar-refractivity contribution in [2.45, 2.75) is 169 Å². The van der Waals surface area contributed by atoms with Gasteiger partial charge >= 0.3 is 252 Å². The monoisotopic (exact) mass is 598 g/mol. The predicted octanol–water partition coefficient (Wildman–Crippen LogP) is 11.5. The molecule has 1 rings (SSSR count). The number of aryl methyl sites for hydroxylation is 1. The van der Waals surface area contributed by atoms with Crippen LogP contribution in [0.5, 0.6) is 0 Å². The van der Waals surface area contributed by atoms with E-state index in [2.05, 4.69) is 54.5 Å². The third-order valence-electron chi connectivity index (χ3n) is 9.21. The molecule has 0 heterocycles. The summed E-state index contributed by atoms with van der Waals surface area (Å²) < 4.78 is 36.2. The molecule has 0 aliphatic heterocycles. The second-order valence-corrected chi connectivity index (χ2v) is 20.1. The van der Waals surface area contributed by atoms with Crippen LogP contribution in [0.4, 0.5) is 0 Å². The molecule has 5 heteroatoms. The summed E-state index contributed by atoms with van der Waals surface area (Å²) in [6.07, 6.45) is 23.4. The van der Waals surface area contributed by atoms with E-state index in [0.29, 0.717) is 4.90 Å². The molecule has 0 bridgehead atoms. The van der Waals surface area contributed by atoms with Gasteiger partial charge in [-0.05, 0) is 0 Å². The average molecular weight is 599 g/mol. The first kappa shape index (κ1) is 37.6. The van der Waals surface area contributed by atoms with Crippen LogP contribution in [-0.4, -0.2) is 33.1 Å². The maximum absolute atomic E-state index is 14.6. The second kappa shape index (κ2) is 19.7. The molecular formula is C35H67O3PS. The molecule has 0 saturated carbocycles. The van der Waals surface area contributed by atoms with E-state index < -0.39 is 16.9 Å². The Balaban J connectivity index is 3.79. The summed E-state index contributed by atoms with van der Waals surface area (Å²) in [5.41, 5.74) is 3.80. The number of unbranched alkanes of at least 4 members (excludes halogenated alkanes) is 9. The number of benzene rings is 1. The van der Waals surface area contributed by atoms with Crippen LogP contribution in [0.25, 0.3) is 0 Å². The standard InChI is InChI=1S/C35H67O3PS/c1-8-15-21-24-32-27-28-35(34(26-23-17-10-3)33(32)25-22-16-9-2)40(36,37)38-39(14-7,29-18-11-4,30-19-12-5)31-20-13-6/h27-28H,8-26,29-31H2,1-7H3. The molecule has 0 radical (unpaired) electrons. The fourth-order valence-electron chi connectivity index (χ4n) is 6.41. The molecule has 0 saturated heterocycles. The first-order chi connectivity index (χ1) is 19.2. The SMILES string of the molecule is CCCCCc1ccc(S(=O)(=O)OP(CC)(CCCC)(CCCC)CCCC)c(CCCCC)c1CCCCC. The Labute approximate surface area is 251 Å². The fourth-order valence-corrected chi connectivity index (χ4v) is 16.0. The third-order valence-corrected chi connectivity index (χ3v) is 18.5. The normalized spacial score (nSPS) is 13.4. The van der Waals surface area contributed by atoms with Crippen LogP contribution >= 0.6 is 6.83 Å². The average Bonchev–Trinajstić information content (AvgIpc) is 2.95. The first-order valence-electron chi connectivity index (χ1n) is 17.3. The Morgan fingerprint density at radius 1 is 0.550 bits per heavy atom. The van der Waals surface area contributed by atoms with Crippen molar-refractivity contribution in [2.75, 3.05) is 24.6 Å². The zero-order valence-electron chi connectivity index (χ0n) is 27.8. The van der Waals surface area contributed by atoms with Crippen LogP contribution in [0.15, 0.2) is 17.0 Å². The number of rotatable bonds is 25. The Bertz CT molecular complexity index is 900. The van der Waals surface area contributed by atoms with Gasteiger partial charge in [0.2, 0.25) is 0 Å². The molecule has 0 aliphatic carbocycles. The Morgan fingerprint density at radius 2 is 0.975 bits per heavy atom. The van der Waals surface area contributed by atoms with Crippen molar-refractivity contribution in [1.82, 2.24) is 0 Å². The fraction of sp³-hybridized carbons (Fsp3) is 0.829. The maximum atomic E-state index is 14.6. The topological polar surface area (TPSA) is 43.4 Å². The number of hydrogen-bond acceptors (Lipinski definition) is 3. The molecule has 236 valence electrons. The zero-order valence-corrected chi connectivity index (χ0v) is 29.5. The van der Waals surface area contributed by atoms with Gasteiger partial charge in [-0.2, -0.15) is 0 Å². The predicted molar refractivity (Wildman–Crippen MR) is 181 cm³/mol. The molecule has 0 atom stereocenters. The van der Waals surface area contributed by atoms with E-state index in [1.165, 1.54) is 43.2 Å². The summed E-state index contributed by atoms with van der Waals surface area (Å²) in [5.74, 6) is 0. The van der Waals surface area contributed by atoms with Crippen LogP contribution in [0.2, 0.25) is 0 Å². The number of hydrogen-bond donors (Lipinski definition) is 0. The van der Waals surface area contributed by atoms with Gasteiger partial charge in [-0.25, -0.2) is 0 Å². The van der Waals surface area contributed by atoms with Gasteiger partial charge in [0.25, 0.3) is 0 Å². The molecule has 1 aromatic rings. The molecule has 40 heavy (non-hydrogen) atoms. The first-order valence-corrected chi connectivity index (χ1v) is 21.6. The van der Waals surface area contributed by atoms with Gasteiger partial charge < -0.3 is 0 Å². The third kappa shape index (κ3) is 11.3. The van der Waals surface area contributed by atoms with Crippen molar-refractivity contribution in [3.05, 3.63) is 28.8 Å². The quantitative estimate of drug-likeness (QED) is 0.0830. The summed E-state index contributed by atoms with van der Waals surface area (Å²) in [6, 6.07) is 4.10. The van der Waals surface area contributed by atoms with Crippen molar-refractivity contribution in [2.24, 2.45) is 0 Å². The molecular weight excluding hydrogens is 531 g/mol. The van der Waals surface area contributed by atoms with Crippen LogP contribution < -0.4 is 0 Å². The van der Waals surface area contributed by atoms with Gasteiger partial charge in [0.15, 0.2) is 0 Å². The molecule has 3 nitrogen and oxygen atoms in total. The van der Waals surface area contributed by atoms with E-state index in [4.69, 9.17) is 3.97 Å². The summed E-state index contributed by atoms with van der Waals surface area (Å²) in [4.78, 5) is 0.501. The van der Waals surface area contributed by atoms with Crippen LogP contribution in [0, 0.1) is 0 Å². The minimum absolute atomic E-state index is 0.501. The molecule has 0 aliphatic rings. The summed E-state index contributed by atoms with van der Waals surface area (Å²) in [5, 5.41) is 0. The van der Waals surface area contributed by atoms with Crippen LogP contribution in [-0.2, 0) is 33.4 Å².